The molecular weight excluding hydrogens is 590 g/mol. The molecule has 47 heavy (non-hydrogen) atoms. The minimum atomic E-state index is -0.482. The topological polar surface area (TPSA) is 98.5 Å². The molecule has 1 aliphatic heterocycles. The molecule has 9 nitrogen and oxygen atoms in total. The summed E-state index contributed by atoms with van der Waals surface area (Å²) < 4.78 is 8.01. The van der Waals surface area contributed by atoms with Gasteiger partial charge < -0.3 is 10.1 Å². The molecule has 5 aromatic rings. The highest BCUT2D eigenvalue weighted by Crippen LogP contribution is 2.33. The molecule has 0 radical (unpaired) electrons. The molecule has 2 atom stereocenters. The summed E-state index contributed by atoms with van der Waals surface area (Å²) in [7, 11) is 1.35. The second-order valence-electron chi connectivity index (χ2n) is 12.0. The van der Waals surface area contributed by atoms with E-state index in [1.54, 1.807) is 23.0 Å². The molecule has 1 amide bonds. The SMILES string of the molecule is COC(=O)c1cc(NC(=O)C(c2ccccc2)N2CCC(c3ccc(-n4cnn(C(C)c5ccccc5)c4=O)cc3)CC2)ccc1C. The molecule has 1 aliphatic rings. The van der Waals surface area contributed by atoms with Gasteiger partial charge in [0.2, 0.25) is 5.91 Å². The fourth-order valence-electron chi connectivity index (χ4n) is 6.43. The number of aromatic nitrogens is 3. The van der Waals surface area contributed by atoms with Crippen LogP contribution in [0.2, 0.25) is 0 Å². The van der Waals surface area contributed by atoms with Crippen molar-refractivity contribution < 1.29 is 14.3 Å². The van der Waals surface area contributed by atoms with E-state index in [9.17, 15) is 14.4 Å². The highest BCUT2D eigenvalue weighted by molar-refractivity contribution is 5.98. The Morgan fingerprint density at radius 1 is 0.872 bits per heavy atom. The number of carbonyl (C=O) groups excluding carboxylic acids is 2. The van der Waals surface area contributed by atoms with E-state index in [1.165, 1.54) is 17.4 Å². The number of esters is 1. The van der Waals surface area contributed by atoms with Crippen LogP contribution in [0.3, 0.4) is 0 Å². The molecule has 0 saturated carbocycles. The maximum absolute atomic E-state index is 13.8. The van der Waals surface area contributed by atoms with Gasteiger partial charge in [-0.25, -0.2) is 18.8 Å². The predicted octanol–water partition coefficient (Wildman–Crippen LogP) is 6.30. The number of nitrogens with zero attached hydrogens (tertiary/aromatic N) is 4. The van der Waals surface area contributed by atoms with Crippen molar-refractivity contribution in [2.24, 2.45) is 0 Å². The quantitative estimate of drug-likeness (QED) is 0.192. The Balaban J connectivity index is 1.14. The first-order chi connectivity index (χ1) is 22.8. The van der Waals surface area contributed by atoms with Gasteiger partial charge in [-0.15, -0.1) is 0 Å². The number of methoxy groups -OCH3 is 1. The van der Waals surface area contributed by atoms with Crippen molar-refractivity contribution in [3.8, 4) is 5.69 Å². The number of nitrogens with one attached hydrogen (secondary N) is 1. The lowest BCUT2D eigenvalue weighted by molar-refractivity contribution is -0.122. The normalized spacial score (nSPS) is 15.1. The van der Waals surface area contributed by atoms with Crippen molar-refractivity contribution >= 4 is 17.6 Å². The van der Waals surface area contributed by atoms with E-state index < -0.39 is 12.0 Å². The van der Waals surface area contributed by atoms with E-state index in [2.05, 4.69) is 27.4 Å². The van der Waals surface area contributed by atoms with E-state index in [-0.39, 0.29) is 17.6 Å². The summed E-state index contributed by atoms with van der Waals surface area (Å²) in [4.78, 5) is 41.5. The average molecular weight is 630 g/mol. The van der Waals surface area contributed by atoms with Crippen LogP contribution in [0.15, 0.2) is 114 Å². The Kier molecular flexibility index (Phi) is 9.45. The summed E-state index contributed by atoms with van der Waals surface area (Å²) in [6.07, 6.45) is 3.36. The molecular formula is C38H39N5O4. The van der Waals surface area contributed by atoms with Crippen molar-refractivity contribution in [2.45, 2.75) is 44.7 Å². The third kappa shape index (κ3) is 6.80. The Bertz CT molecular complexity index is 1890. The molecule has 9 heteroatoms. The molecule has 1 saturated heterocycles. The van der Waals surface area contributed by atoms with Crippen LogP contribution in [-0.2, 0) is 9.53 Å². The molecule has 0 aliphatic carbocycles. The average Bonchev–Trinajstić information content (AvgIpc) is 3.50. The molecule has 2 unspecified atom stereocenters. The van der Waals surface area contributed by atoms with Gasteiger partial charge in [-0.05, 0) is 92.2 Å². The summed E-state index contributed by atoms with van der Waals surface area (Å²) in [6, 6.07) is 32.4. The van der Waals surface area contributed by atoms with Crippen molar-refractivity contribution in [3.63, 3.8) is 0 Å². The zero-order valence-electron chi connectivity index (χ0n) is 26.9. The van der Waals surface area contributed by atoms with E-state index >= 15 is 0 Å². The molecule has 2 heterocycles. The number of amides is 1. The number of piperidine rings is 1. The first kappa shape index (κ1) is 31.7. The minimum Gasteiger partial charge on any atom is -0.465 e. The van der Waals surface area contributed by atoms with Crippen LogP contribution in [0.5, 0.6) is 0 Å². The monoisotopic (exact) mass is 629 g/mol. The Morgan fingerprint density at radius 3 is 2.15 bits per heavy atom. The van der Waals surface area contributed by atoms with Crippen molar-refractivity contribution in [1.29, 1.82) is 0 Å². The zero-order chi connectivity index (χ0) is 32.9. The maximum Gasteiger partial charge on any atom is 0.350 e. The van der Waals surface area contributed by atoms with Gasteiger partial charge >= 0.3 is 11.7 Å². The van der Waals surface area contributed by atoms with E-state index in [4.69, 9.17) is 4.74 Å². The lowest BCUT2D eigenvalue weighted by atomic mass is 9.88. The van der Waals surface area contributed by atoms with Gasteiger partial charge in [0.25, 0.3) is 0 Å². The Hall–Kier alpha value is -5.28. The summed E-state index contributed by atoms with van der Waals surface area (Å²) in [5.74, 6) is -0.253. The van der Waals surface area contributed by atoms with Crippen LogP contribution in [-0.4, -0.2) is 51.3 Å². The van der Waals surface area contributed by atoms with Crippen LogP contribution in [0.1, 0.15) is 70.4 Å². The van der Waals surface area contributed by atoms with Gasteiger partial charge in [-0.2, -0.15) is 5.10 Å². The molecule has 6 rings (SSSR count). The standard InChI is InChI=1S/C38H39N5O4/c1-26-14-17-32(24-34(26)37(45)47-3)40-36(44)35(31-12-8-5-9-13-31)41-22-20-30(21-23-41)29-15-18-33(19-16-29)42-25-39-43(38(42)46)27(2)28-10-6-4-7-11-28/h4-19,24-25,27,30,35H,20-23H2,1-3H3,(H,40,44). The van der Waals surface area contributed by atoms with Gasteiger partial charge in [-0.1, -0.05) is 78.9 Å². The van der Waals surface area contributed by atoms with Gasteiger partial charge in [0.05, 0.1) is 24.4 Å². The summed E-state index contributed by atoms with van der Waals surface area (Å²) in [5, 5.41) is 7.45. The number of aryl methyl sites for hydroxylation is 1. The van der Waals surface area contributed by atoms with E-state index in [1.807, 2.05) is 92.7 Å². The molecule has 0 bridgehead atoms. The summed E-state index contributed by atoms with van der Waals surface area (Å²) in [5.41, 5.74) is 5.50. The largest absolute Gasteiger partial charge is 0.465 e. The molecule has 1 aromatic heterocycles. The van der Waals surface area contributed by atoms with E-state index in [0.29, 0.717) is 17.2 Å². The van der Waals surface area contributed by atoms with Crippen LogP contribution >= 0.6 is 0 Å². The van der Waals surface area contributed by atoms with Gasteiger partial charge in [0.15, 0.2) is 0 Å². The van der Waals surface area contributed by atoms with Crippen LogP contribution in [0.4, 0.5) is 5.69 Å². The van der Waals surface area contributed by atoms with Crippen molar-refractivity contribution in [1.82, 2.24) is 19.2 Å². The number of rotatable bonds is 9. The first-order valence-electron chi connectivity index (χ1n) is 15.9. The maximum atomic E-state index is 13.8. The van der Waals surface area contributed by atoms with Gasteiger partial charge in [-0.3, -0.25) is 9.69 Å². The van der Waals surface area contributed by atoms with E-state index in [0.717, 1.165) is 48.3 Å². The van der Waals surface area contributed by atoms with Crippen LogP contribution < -0.4 is 11.0 Å². The summed E-state index contributed by atoms with van der Waals surface area (Å²) in [6.45, 7) is 5.29. The third-order valence-electron chi connectivity index (χ3n) is 9.15. The highest BCUT2D eigenvalue weighted by Gasteiger charge is 2.32. The number of likely N-dealkylation sites (tertiary alicyclic amines) is 1. The second-order valence-corrected chi connectivity index (χ2v) is 12.0. The van der Waals surface area contributed by atoms with Crippen molar-refractivity contribution in [2.75, 3.05) is 25.5 Å². The van der Waals surface area contributed by atoms with Gasteiger partial charge in [0.1, 0.15) is 12.4 Å². The number of ether oxygens (including phenoxy) is 1. The highest BCUT2D eigenvalue weighted by atomic mass is 16.5. The number of carbonyl (C=O) groups is 2. The smallest absolute Gasteiger partial charge is 0.350 e. The number of hydrogen-bond acceptors (Lipinski definition) is 6. The number of anilines is 1. The van der Waals surface area contributed by atoms with Crippen LogP contribution in [0, 0.1) is 6.92 Å². The molecule has 1 N–H and O–H groups in total. The predicted molar refractivity (Wildman–Crippen MR) is 182 cm³/mol. The summed E-state index contributed by atoms with van der Waals surface area (Å²) >= 11 is 0. The van der Waals surface area contributed by atoms with Gasteiger partial charge in [0, 0.05) is 5.69 Å². The zero-order valence-corrected chi connectivity index (χ0v) is 26.9. The Labute approximate surface area is 274 Å². The number of benzene rings is 4. The molecule has 1 fully saturated rings. The number of hydrogen-bond donors (Lipinski definition) is 1. The Morgan fingerprint density at radius 2 is 1.51 bits per heavy atom. The minimum absolute atomic E-state index is 0.147. The third-order valence-corrected chi connectivity index (χ3v) is 9.15. The fraction of sp³-hybridized carbons (Fsp3) is 0.263. The lowest BCUT2D eigenvalue weighted by Gasteiger charge is -2.37. The molecule has 0 spiro atoms. The molecule has 4 aromatic carbocycles. The molecule has 240 valence electrons. The fourth-order valence-corrected chi connectivity index (χ4v) is 6.43. The second kappa shape index (κ2) is 14.0. The first-order valence-corrected chi connectivity index (χ1v) is 15.9. The lowest BCUT2D eigenvalue weighted by Crippen LogP contribution is -2.41. The van der Waals surface area contributed by atoms with Crippen LogP contribution in [0.25, 0.3) is 5.69 Å². The van der Waals surface area contributed by atoms with Crippen molar-refractivity contribution in [3.05, 3.63) is 148 Å².